The van der Waals surface area contributed by atoms with Crippen LogP contribution in [0.2, 0.25) is 0 Å². The number of hydrogen-bond acceptors (Lipinski definition) is 3. The van der Waals surface area contributed by atoms with Crippen LogP contribution in [0.4, 0.5) is 5.69 Å². The first kappa shape index (κ1) is 17.8. The van der Waals surface area contributed by atoms with Crippen LogP contribution < -0.4 is 4.31 Å². The zero-order valence-electron chi connectivity index (χ0n) is 15.0. The third kappa shape index (κ3) is 3.13. The number of nitrogens with zero attached hydrogens (tertiary/aromatic N) is 1. The summed E-state index contributed by atoms with van der Waals surface area (Å²) in [6.07, 6.45) is 3.44. The Hall–Kier alpha value is -2.01. The Morgan fingerprint density at radius 1 is 1.16 bits per heavy atom. The Kier molecular flexibility index (Phi) is 4.78. The third-order valence-corrected chi connectivity index (χ3v) is 6.93. The highest BCUT2D eigenvalue weighted by atomic mass is 32.2. The van der Waals surface area contributed by atoms with Gasteiger partial charge in [0.2, 0.25) is 0 Å². The number of benzene rings is 2. The van der Waals surface area contributed by atoms with Crippen LogP contribution in [0.3, 0.4) is 0 Å². The van der Waals surface area contributed by atoms with E-state index in [9.17, 15) is 13.5 Å². The van der Waals surface area contributed by atoms with Gasteiger partial charge in [-0.15, -0.1) is 0 Å². The lowest BCUT2D eigenvalue weighted by Crippen LogP contribution is -2.43. The van der Waals surface area contributed by atoms with Crippen molar-refractivity contribution < 1.29 is 13.5 Å². The molecule has 1 atom stereocenters. The number of rotatable bonds is 4. The standard InChI is InChI=1S/C20H25NO3S/c1-4-15-6-10-19-16(13-15)7-8-17(5-2)21(19)25(23,24)18-9-11-20(22)14(3)12-18/h6,9-13,17,22H,4-5,7-8H2,1-3H3. The summed E-state index contributed by atoms with van der Waals surface area (Å²) in [5.41, 5.74) is 3.68. The van der Waals surface area contributed by atoms with Crippen molar-refractivity contribution in [1.29, 1.82) is 0 Å². The van der Waals surface area contributed by atoms with Gasteiger partial charge in [0.05, 0.1) is 10.6 Å². The van der Waals surface area contributed by atoms with E-state index in [4.69, 9.17) is 0 Å². The summed E-state index contributed by atoms with van der Waals surface area (Å²) in [6, 6.07) is 10.5. The van der Waals surface area contributed by atoms with Crippen LogP contribution in [0.1, 0.15) is 43.4 Å². The van der Waals surface area contributed by atoms with Crippen molar-refractivity contribution in [2.75, 3.05) is 4.31 Å². The summed E-state index contributed by atoms with van der Waals surface area (Å²) in [5.74, 6) is 0.109. The average Bonchev–Trinajstić information content (AvgIpc) is 2.62. The first-order valence-electron chi connectivity index (χ1n) is 8.84. The Bertz CT molecular complexity index is 890. The third-order valence-electron chi connectivity index (χ3n) is 5.06. The quantitative estimate of drug-likeness (QED) is 0.891. The molecule has 1 N–H and O–H groups in total. The second-order valence-corrected chi connectivity index (χ2v) is 8.48. The molecule has 5 heteroatoms. The maximum absolute atomic E-state index is 13.4. The largest absolute Gasteiger partial charge is 0.508 e. The molecule has 0 spiro atoms. The predicted molar refractivity (Wildman–Crippen MR) is 101 cm³/mol. The number of aromatic hydroxyl groups is 1. The van der Waals surface area contributed by atoms with Gasteiger partial charge in [-0.25, -0.2) is 8.42 Å². The Morgan fingerprint density at radius 3 is 2.56 bits per heavy atom. The van der Waals surface area contributed by atoms with Crippen LogP contribution in [0.5, 0.6) is 5.75 Å². The van der Waals surface area contributed by atoms with Gasteiger partial charge in [-0.2, -0.15) is 0 Å². The van der Waals surface area contributed by atoms with Gasteiger partial charge in [-0.3, -0.25) is 4.31 Å². The molecule has 0 aromatic heterocycles. The molecule has 2 aromatic carbocycles. The van der Waals surface area contributed by atoms with E-state index in [1.54, 1.807) is 17.3 Å². The molecule has 1 heterocycles. The van der Waals surface area contributed by atoms with E-state index >= 15 is 0 Å². The second-order valence-electron chi connectivity index (χ2n) is 6.67. The van der Waals surface area contributed by atoms with Gasteiger partial charge in [0.1, 0.15) is 5.75 Å². The molecule has 0 saturated carbocycles. The summed E-state index contributed by atoms with van der Waals surface area (Å²) in [5, 5.41) is 9.72. The summed E-state index contributed by atoms with van der Waals surface area (Å²) < 4.78 is 28.4. The van der Waals surface area contributed by atoms with Gasteiger partial charge in [0, 0.05) is 6.04 Å². The summed E-state index contributed by atoms with van der Waals surface area (Å²) >= 11 is 0. The lowest BCUT2D eigenvalue weighted by Gasteiger charge is -2.37. The smallest absolute Gasteiger partial charge is 0.264 e. The average molecular weight is 359 g/mol. The number of hydrogen-bond donors (Lipinski definition) is 1. The highest BCUT2D eigenvalue weighted by Crippen LogP contribution is 2.37. The number of anilines is 1. The lowest BCUT2D eigenvalue weighted by atomic mass is 9.94. The maximum atomic E-state index is 13.4. The van der Waals surface area contributed by atoms with Gasteiger partial charge < -0.3 is 5.11 Å². The van der Waals surface area contributed by atoms with Gasteiger partial charge in [-0.1, -0.05) is 26.0 Å². The van der Waals surface area contributed by atoms with Gasteiger partial charge in [0.25, 0.3) is 10.0 Å². The first-order chi connectivity index (χ1) is 11.9. The molecule has 1 unspecified atom stereocenters. The Morgan fingerprint density at radius 2 is 1.92 bits per heavy atom. The van der Waals surface area contributed by atoms with E-state index < -0.39 is 10.0 Å². The number of aryl methyl sites for hydroxylation is 3. The molecule has 0 fully saturated rings. The minimum absolute atomic E-state index is 0.0425. The molecule has 0 amide bonds. The summed E-state index contributed by atoms with van der Waals surface area (Å²) in [7, 11) is -3.67. The molecule has 3 rings (SSSR count). The Labute approximate surface area is 150 Å². The fourth-order valence-corrected chi connectivity index (χ4v) is 5.38. The van der Waals surface area contributed by atoms with Crippen LogP contribution in [-0.2, 0) is 22.9 Å². The zero-order valence-corrected chi connectivity index (χ0v) is 15.8. The number of fused-ring (bicyclic) bond motifs is 1. The van der Waals surface area contributed by atoms with Crippen molar-refractivity contribution in [2.45, 2.75) is 57.4 Å². The molecule has 0 bridgehead atoms. The summed E-state index contributed by atoms with van der Waals surface area (Å²) in [4.78, 5) is 0.230. The molecular weight excluding hydrogens is 334 g/mol. The minimum Gasteiger partial charge on any atom is -0.508 e. The van der Waals surface area contributed by atoms with Crippen LogP contribution in [0.25, 0.3) is 0 Å². The molecule has 0 saturated heterocycles. The minimum atomic E-state index is -3.67. The highest BCUT2D eigenvalue weighted by Gasteiger charge is 2.35. The second kappa shape index (κ2) is 6.71. The fourth-order valence-electron chi connectivity index (χ4n) is 3.51. The van der Waals surface area contributed by atoms with Gasteiger partial charge >= 0.3 is 0 Å². The SMILES string of the molecule is CCc1ccc2c(c1)CCC(CC)N2S(=O)(=O)c1ccc(O)c(C)c1. The maximum Gasteiger partial charge on any atom is 0.264 e. The molecule has 4 nitrogen and oxygen atoms in total. The fraction of sp³-hybridized carbons (Fsp3) is 0.400. The van der Waals surface area contributed by atoms with Crippen LogP contribution >= 0.6 is 0 Å². The van der Waals surface area contributed by atoms with E-state index in [2.05, 4.69) is 13.0 Å². The zero-order chi connectivity index (χ0) is 18.2. The van der Waals surface area contributed by atoms with E-state index in [1.807, 2.05) is 19.1 Å². The molecular formula is C20H25NO3S. The highest BCUT2D eigenvalue weighted by molar-refractivity contribution is 7.92. The topological polar surface area (TPSA) is 57.6 Å². The predicted octanol–water partition coefficient (Wildman–Crippen LogP) is 4.18. The normalized spacial score (nSPS) is 17.4. The van der Waals surface area contributed by atoms with Crippen molar-refractivity contribution in [2.24, 2.45) is 0 Å². The Balaban J connectivity index is 2.14. The van der Waals surface area contributed by atoms with Crippen LogP contribution in [0.15, 0.2) is 41.3 Å². The molecule has 0 radical (unpaired) electrons. The summed E-state index contributed by atoms with van der Waals surface area (Å²) in [6.45, 7) is 5.84. The molecule has 1 aliphatic rings. The van der Waals surface area contributed by atoms with Crippen LogP contribution in [-0.4, -0.2) is 19.6 Å². The van der Waals surface area contributed by atoms with Crippen molar-refractivity contribution in [3.05, 3.63) is 53.1 Å². The molecule has 25 heavy (non-hydrogen) atoms. The molecule has 134 valence electrons. The number of phenolic OH excluding ortho intramolecular Hbond substituents is 1. The molecule has 1 aliphatic heterocycles. The number of sulfonamides is 1. The molecule has 0 aliphatic carbocycles. The van der Waals surface area contributed by atoms with Crippen LogP contribution in [0, 0.1) is 6.92 Å². The monoisotopic (exact) mass is 359 g/mol. The van der Waals surface area contributed by atoms with E-state index in [0.717, 1.165) is 36.9 Å². The van der Waals surface area contributed by atoms with Gasteiger partial charge in [-0.05, 0) is 73.6 Å². The van der Waals surface area contributed by atoms with Crippen molar-refractivity contribution in [1.82, 2.24) is 0 Å². The number of phenols is 1. The molecule has 2 aromatic rings. The first-order valence-corrected chi connectivity index (χ1v) is 10.3. The van der Waals surface area contributed by atoms with E-state index in [-0.39, 0.29) is 16.7 Å². The van der Waals surface area contributed by atoms with Crippen molar-refractivity contribution >= 4 is 15.7 Å². The lowest BCUT2D eigenvalue weighted by molar-refractivity contribution is 0.470. The van der Waals surface area contributed by atoms with E-state index in [0.29, 0.717) is 5.56 Å². The van der Waals surface area contributed by atoms with Gasteiger partial charge in [0.15, 0.2) is 0 Å². The van der Waals surface area contributed by atoms with Crippen molar-refractivity contribution in [3.8, 4) is 5.75 Å². The van der Waals surface area contributed by atoms with E-state index in [1.165, 1.54) is 17.7 Å². The van der Waals surface area contributed by atoms with Crippen molar-refractivity contribution in [3.63, 3.8) is 0 Å².